The van der Waals surface area contributed by atoms with E-state index in [-0.39, 0.29) is 37.1 Å². The molecule has 2 N–H and O–H groups in total. The molecule has 0 fully saturated rings. The van der Waals surface area contributed by atoms with Crippen LogP contribution < -0.4 is 15.4 Å². The van der Waals surface area contributed by atoms with Crippen molar-refractivity contribution in [2.45, 2.75) is 0 Å². The number of urea groups is 1. The zero-order chi connectivity index (χ0) is 22.7. The molecule has 0 saturated carbocycles. The van der Waals surface area contributed by atoms with E-state index in [0.717, 1.165) is 0 Å². The van der Waals surface area contributed by atoms with E-state index in [1.54, 1.807) is 30.3 Å². The van der Waals surface area contributed by atoms with Crippen molar-refractivity contribution in [3.63, 3.8) is 0 Å². The third-order valence-electron chi connectivity index (χ3n) is 3.82. The number of anilines is 1. The molecule has 0 atom stereocenters. The summed E-state index contributed by atoms with van der Waals surface area (Å²) in [6.07, 6.45) is 0. The molecule has 0 heterocycles. The van der Waals surface area contributed by atoms with Crippen LogP contribution in [0, 0.1) is 0 Å². The van der Waals surface area contributed by atoms with Crippen LogP contribution in [0.4, 0.5) is 10.5 Å². The van der Waals surface area contributed by atoms with Crippen molar-refractivity contribution in [3.05, 3.63) is 83.7 Å². The summed E-state index contributed by atoms with van der Waals surface area (Å²) in [6, 6.07) is 11.7. The van der Waals surface area contributed by atoms with E-state index in [4.69, 9.17) is 62.7 Å². The van der Waals surface area contributed by atoms with Gasteiger partial charge in [-0.05, 0) is 40.2 Å². The van der Waals surface area contributed by atoms with Crippen molar-refractivity contribution in [3.8, 4) is 11.5 Å². The molecule has 11 heteroatoms. The first kappa shape index (κ1) is 24.0. The van der Waals surface area contributed by atoms with Gasteiger partial charge < -0.3 is 10.1 Å². The minimum absolute atomic E-state index is 0.00435. The van der Waals surface area contributed by atoms with Crippen LogP contribution in [0.15, 0.2) is 53.0 Å². The van der Waals surface area contributed by atoms with Crippen molar-refractivity contribution < 1.29 is 14.3 Å². The number of imide groups is 1. The second-order valence-corrected chi connectivity index (χ2v) is 8.79. The van der Waals surface area contributed by atoms with Crippen LogP contribution in [0.1, 0.15) is 10.4 Å². The number of hydrogen-bond donors (Lipinski definition) is 2. The molecule has 31 heavy (non-hydrogen) atoms. The van der Waals surface area contributed by atoms with E-state index in [1.807, 2.05) is 0 Å². The van der Waals surface area contributed by atoms with E-state index in [9.17, 15) is 9.59 Å². The first-order chi connectivity index (χ1) is 14.7. The lowest BCUT2D eigenvalue weighted by Gasteiger charge is -2.15. The van der Waals surface area contributed by atoms with Crippen LogP contribution >= 0.6 is 73.9 Å². The van der Waals surface area contributed by atoms with Crippen molar-refractivity contribution in [2.75, 3.05) is 5.32 Å². The molecule has 0 saturated heterocycles. The number of amides is 3. The summed E-state index contributed by atoms with van der Waals surface area (Å²) in [4.78, 5) is 24.5. The van der Waals surface area contributed by atoms with Crippen molar-refractivity contribution >= 4 is 91.6 Å². The summed E-state index contributed by atoms with van der Waals surface area (Å²) in [5.41, 5.74) is 0.126. The Labute approximate surface area is 210 Å². The molecule has 5 nitrogen and oxygen atoms in total. The van der Waals surface area contributed by atoms with Crippen LogP contribution in [-0.4, -0.2) is 11.9 Å². The topological polar surface area (TPSA) is 67.4 Å². The number of carbonyl (C=O) groups is 2. The van der Waals surface area contributed by atoms with E-state index in [1.165, 1.54) is 18.2 Å². The fraction of sp³-hybridized carbons (Fsp3) is 0. The fourth-order valence-corrected chi connectivity index (χ4v) is 3.83. The van der Waals surface area contributed by atoms with Gasteiger partial charge in [0.15, 0.2) is 0 Å². The summed E-state index contributed by atoms with van der Waals surface area (Å²) in [5.74, 6) is -0.185. The normalized spacial score (nSPS) is 10.5. The predicted molar refractivity (Wildman–Crippen MR) is 129 cm³/mol. The van der Waals surface area contributed by atoms with Crippen molar-refractivity contribution in [1.29, 1.82) is 0 Å². The van der Waals surface area contributed by atoms with Gasteiger partial charge in [-0.2, -0.15) is 0 Å². The summed E-state index contributed by atoms with van der Waals surface area (Å²) >= 11 is 34.1. The molecule has 3 aromatic carbocycles. The molecule has 3 rings (SSSR count). The second kappa shape index (κ2) is 10.3. The average molecular weight is 583 g/mol. The minimum atomic E-state index is -0.879. The highest BCUT2D eigenvalue weighted by Crippen LogP contribution is 2.45. The number of hydrogen-bond acceptors (Lipinski definition) is 3. The van der Waals surface area contributed by atoms with Crippen LogP contribution in [0.5, 0.6) is 11.5 Å². The average Bonchev–Trinajstić information content (AvgIpc) is 2.72. The molecular formula is C20H10BrCl5N2O3. The van der Waals surface area contributed by atoms with E-state index >= 15 is 0 Å². The maximum atomic E-state index is 12.3. The van der Waals surface area contributed by atoms with E-state index < -0.39 is 11.9 Å². The van der Waals surface area contributed by atoms with Gasteiger partial charge in [0.25, 0.3) is 5.91 Å². The highest BCUT2D eigenvalue weighted by molar-refractivity contribution is 9.10. The second-order valence-electron chi connectivity index (χ2n) is 5.92. The van der Waals surface area contributed by atoms with Crippen LogP contribution in [0.3, 0.4) is 0 Å². The Kier molecular flexibility index (Phi) is 7.97. The van der Waals surface area contributed by atoms with Crippen molar-refractivity contribution in [1.82, 2.24) is 5.32 Å². The quantitative estimate of drug-likeness (QED) is 0.303. The van der Waals surface area contributed by atoms with Crippen LogP contribution in [-0.2, 0) is 0 Å². The minimum Gasteiger partial charge on any atom is -0.454 e. The third-order valence-corrected chi connectivity index (χ3v) is 6.19. The fourth-order valence-electron chi connectivity index (χ4n) is 2.40. The molecule has 0 aliphatic heterocycles. The van der Waals surface area contributed by atoms with Gasteiger partial charge in [0, 0.05) is 17.2 Å². The standard InChI is InChI=1S/C20H10BrCl5N2O3/c21-11-6-5-9(22)7-14(11)31-15-8-13(24)18(17(26)16(15)25)27-20(30)28-19(29)10-3-1-2-4-12(10)23/h1-8H,(H2,27,28,29,30). The maximum absolute atomic E-state index is 12.3. The molecule has 3 aromatic rings. The Hall–Kier alpha value is -1.67. The molecule has 160 valence electrons. The van der Waals surface area contributed by atoms with Gasteiger partial charge in [-0.3, -0.25) is 10.1 Å². The van der Waals surface area contributed by atoms with Gasteiger partial charge in [0.2, 0.25) is 0 Å². The Morgan fingerprint density at radius 1 is 0.839 bits per heavy atom. The van der Waals surface area contributed by atoms with Gasteiger partial charge in [-0.25, -0.2) is 4.79 Å². The predicted octanol–water partition coefficient (Wildman–Crippen LogP) is 8.47. The summed E-state index contributed by atoms with van der Waals surface area (Å²) in [5, 5.41) is 5.13. The molecule has 3 amide bonds. The monoisotopic (exact) mass is 580 g/mol. The van der Waals surface area contributed by atoms with Gasteiger partial charge in [0.05, 0.1) is 30.8 Å². The van der Waals surface area contributed by atoms with E-state index in [0.29, 0.717) is 15.2 Å². The maximum Gasteiger partial charge on any atom is 0.326 e. The lowest BCUT2D eigenvalue weighted by molar-refractivity contribution is 0.0967. The Morgan fingerprint density at radius 3 is 2.26 bits per heavy atom. The highest BCUT2D eigenvalue weighted by atomic mass is 79.9. The Balaban J connectivity index is 1.80. The summed E-state index contributed by atoms with van der Waals surface area (Å²) in [6.45, 7) is 0. The first-order valence-corrected chi connectivity index (χ1v) is 11.0. The summed E-state index contributed by atoms with van der Waals surface area (Å²) in [7, 11) is 0. The number of carbonyl (C=O) groups excluding carboxylic acids is 2. The lowest BCUT2D eigenvalue weighted by atomic mass is 10.2. The third kappa shape index (κ3) is 5.77. The molecule has 0 radical (unpaired) electrons. The highest BCUT2D eigenvalue weighted by Gasteiger charge is 2.20. The number of halogens is 6. The number of rotatable bonds is 4. The molecule has 0 spiro atoms. The van der Waals surface area contributed by atoms with Gasteiger partial charge in [0.1, 0.15) is 16.5 Å². The first-order valence-electron chi connectivity index (χ1n) is 8.34. The van der Waals surface area contributed by atoms with E-state index in [2.05, 4.69) is 26.6 Å². The smallest absolute Gasteiger partial charge is 0.326 e. The van der Waals surface area contributed by atoms with Gasteiger partial charge >= 0.3 is 6.03 Å². The van der Waals surface area contributed by atoms with Crippen molar-refractivity contribution in [2.24, 2.45) is 0 Å². The zero-order valence-electron chi connectivity index (χ0n) is 15.1. The number of ether oxygens (including phenoxy) is 1. The summed E-state index contributed by atoms with van der Waals surface area (Å²) < 4.78 is 6.37. The Morgan fingerprint density at radius 2 is 1.55 bits per heavy atom. The molecule has 0 bridgehead atoms. The molecule has 0 aliphatic rings. The largest absolute Gasteiger partial charge is 0.454 e. The van der Waals surface area contributed by atoms with Gasteiger partial charge in [-0.15, -0.1) is 0 Å². The Bertz CT molecular complexity index is 1190. The SMILES string of the molecule is O=C(NC(=O)c1ccccc1Cl)Nc1c(Cl)cc(Oc2cc(Cl)ccc2Br)c(Cl)c1Cl. The molecular weight excluding hydrogens is 573 g/mol. The van der Waals surface area contributed by atoms with Crippen LogP contribution in [0.25, 0.3) is 0 Å². The van der Waals surface area contributed by atoms with Crippen LogP contribution in [0.2, 0.25) is 25.1 Å². The zero-order valence-corrected chi connectivity index (χ0v) is 20.5. The number of benzene rings is 3. The van der Waals surface area contributed by atoms with Gasteiger partial charge in [-0.1, -0.05) is 70.1 Å². The lowest BCUT2D eigenvalue weighted by Crippen LogP contribution is -2.34. The molecule has 0 aliphatic carbocycles. The molecule has 0 unspecified atom stereocenters. The number of nitrogens with one attached hydrogen (secondary N) is 2. The molecule has 0 aromatic heterocycles.